The molecule has 2 aliphatic rings. The fraction of sp³-hybridized carbons (Fsp3) is 0.500. The molecule has 0 atom stereocenters. The molecule has 2 aromatic rings. The van der Waals surface area contributed by atoms with Crippen LogP contribution in [-0.4, -0.2) is 23.0 Å². The number of aryl methyl sites for hydroxylation is 3. The Bertz CT molecular complexity index is 654. The number of rotatable bonds is 2. The van der Waals surface area contributed by atoms with Crippen LogP contribution in [0.2, 0.25) is 0 Å². The number of aromatic nitrogens is 1. The Labute approximate surface area is 120 Å². The van der Waals surface area contributed by atoms with Crippen LogP contribution < -0.4 is 0 Å². The minimum Gasteiger partial charge on any atom is -0.299 e. The zero-order valence-corrected chi connectivity index (χ0v) is 12.3. The molecule has 1 aromatic heterocycles. The predicted octanol–water partition coefficient (Wildman–Crippen LogP) is 3.63. The molecule has 0 spiro atoms. The average molecular weight is 266 g/mol. The van der Waals surface area contributed by atoms with Crippen molar-refractivity contribution in [3.8, 4) is 0 Å². The van der Waals surface area contributed by atoms with Gasteiger partial charge in [0.15, 0.2) is 0 Å². The highest BCUT2D eigenvalue weighted by Gasteiger charge is 2.17. The van der Waals surface area contributed by atoms with Crippen LogP contribution in [0.3, 0.4) is 0 Å². The third-order valence-corrected chi connectivity index (χ3v) is 4.99. The third-order valence-electron chi connectivity index (χ3n) is 4.99. The molecule has 1 saturated heterocycles. The van der Waals surface area contributed by atoms with Gasteiger partial charge in [-0.25, -0.2) is 0 Å². The Hall–Kier alpha value is -1.41. The maximum Gasteiger partial charge on any atom is 0.0708 e. The molecule has 1 aliphatic heterocycles. The number of likely N-dealkylation sites (tertiary alicyclic amines) is 1. The lowest BCUT2D eigenvalue weighted by Gasteiger charge is -2.17. The first-order chi connectivity index (χ1) is 9.81. The molecule has 4 rings (SSSR count). The Morgan fingerprint density at radius 2 is 1.95 bits per heavy atom. The van der Waals surface area contributed by atoms with E-state index >= 15 is 0 Å². The molecule has 2 heteroatoms. The van der Waals surface area contributed by atoms with Gasteiger partial charge in [0.1, 0.15) is 0 Å². The van der Waals surface area contributed by atoms with Crippen molar-refractivity contribution >= 4 is 10.9 Å². The van der Waals surface area contributed by atoms with E-state index in [1.54, 1.807) is 5.56 Å². The third kappa shape index (κ3) is 2.03. The SMILES string of the molecule is Cc1cc2c3c(cnc2cc1CN1CCCC1)CCC3. The molecule has 104 valence electrons. The molecule has 0 bridgehead atoms. The van der Waals surface area contributed by atoms with E-state index in [-0.39, 0.29) is 0 Å². The molecule has 1 aromatic carbocycles. The fourth-order valence-electron chi connectivity index (χ4n) is 3.80. The molecule has 0 radical (unpaired) electrons. The van der Waals surface area contributed by atoms with Crippen LogP contribution in [0.25, 0.3) is 10.9 Å². The van der Waals surface area contributed by atoms with Gasteiger partial charge in [0.2, 0.25) is 0 Å². The van der Waals surface area contributed by atoms with E-state index in [9.17, 15) is 0 Å². The van der Waals surface area contributed by atoms with E-state index in [2.05, 4.69) is 30.2 Å². The van der Waals surface area contributed by atoms with Crippen LogP contribution in [0, 0.1) is 6.92 Å². The summed E-state index contributed by atoms with van der Waals surface area (Å²) >= 11 is 0. The second-order valence-electron chi connectivity index (χ2n) is 6.39. The smallest absolute Gasteiger partial charge is 0.0708 e. The molecule has 0 saturated carbocycles. The summed E-state index contributed by atoms with van der Waals surface area (Å²) < 4.78 is 0. The van der Waals surface area contributed by atoms with Crippen LogP contribution in [0.4, 0.5) is 0 Å². The van der Waals surface area contributed by atoms with Crippen LogP contribution in [0.5, 0.6) is 0 Å². The van der Waals surface area contributed by atoms with E-state index in [1.165, 1.54) is 72.8 Å². The summed E-state index contributed by atoms with van der Waals surface area (Å²) in [7, 11) is 0. The van der Waals surface area contributed by atoms with Crippen molar-refractivity contribution in [2.75, 3.05) is 13.1 Å². The maximum absolute atomic E-state index is 4.71. The topological polar surface area (TPSA) is 16.1 Å². The van der Waals surface area contributed by atoms with Crippen LogP contribution >= 0.6 is 0 Å². The summed E-state index contributed by atoms with van der Waals surface area (Å²) in [6, 6.07) is 4.72. The Kier molecular flexibility index (Phi) is 2.99. The molecule has 0 unspecified atom stereocenters. The Balaban J connectivity index is 1.76. The largest absolute Gasteiger partial charge is 0.299 e. The van der Waals surface area contributed by atoms with Crippen molar-refractivity contribution in [3.05, 3.63) is 40.6 Å². The highest BCUT2D eigenvalue weighted by molar-refractivity contribution is 5.85. The summed E-state index contributed by atoms with van der Waals surface area (Å²) in [6.45, 7) is 5.88. The van der Waals surface area contributed by atoms with E-state index < -0.39 is 0 Å². The van der Waals surface area contributed by atoms with Gasteiger partial charge in [0.25, 0.3) is 0 Å². The minimum atomic E-state index is 1.10. The summed E-state index contributed by atoms with van der Waals surface area (Å²) in [6.07, 6.45) is 8.58. The van der Waals surface area contributed by atoms with Gasteiger partial charge in [0.05, 0.1) is 5.52 Å². The van der Waals surface area contributed by atoms with E-state index in [4.69, 9.17) is 4.98 Å². The molecular weight excluding hydrogens is 244 g/mol. The van der Waals surface area contributed by atoms with Gasteiger partial charge >= 0.3 is 0 Å². The summed E-state index contributed by atoms with van der Waals surface area (Å²) in [5.74, 6) is 0. The lowest BCUT2D eigenvalue weighted by molar-refractivity contribution is 0.331. The van der Waals surface area contributed by atoms with Gasteiger partial charge in [-0.15, -0.1) is 0 Å². The van der Waals surface area contributed by atoms with Crippen LogP contribution in [0.1, 0.15) is 41.5 Å². The van der Waals surface area contributed by atoms with Crippen molar-refractivity contribution in [2.45, 2.75) is 45.6 Å². The van der Waals surface area contributed by atoms with Crippen LogP contribution in [-0.2, 0) is 19.4 Å². The Morgan fingerprint density at radius 1 is 1.10 bits per heavy atom. The first-order valence-corrected chi connectivity index (χ1v) is 7.93. The van der Waals surface area contributed by atoms with Crippen molar-refractivity contribution in [1.82, 2.24) is 9.88 Å². The molecule has 20 heavy (non-hydrogen) atoms. The number of nitrogens with zero attached hydrogens (tertiary/aromatic N) is 2. The second kappa shape index (κ2) is 4.85. The molecule has 0 N–H and O–H groups in total. The summed E-state index contributed by atoms with van der Waals surface area (Å²) in [4.78, 5) is 7.28. The first kappa shape index (κ1) is 12.3. The second-order valence-corrected chi connectivity index (χ2v) is 6.39. The summed E-state index contributed by atoms with van der Waals surface area (Å²) in [5, 5.41) is 1.41. The molecule has 0 amide bonds. The summed E-state index contributed by atoms with van der Waals surface area (Å²) in [5.41, 5.74) is 7.14. The monoisotopic (exact) mass is 266 g/mol. The van der Waals surface area contributed by atoms with Crippen molar-refractivity contribution in [3.63, 3.8) is 0 Å². The number of hydrogen-bond acceptors (Lipinski definition) is 2. The number of benzene rings is 1. The quantitative estimate of drug-likeness (QED) is 0.825. The standard InChI is InChI=1S/C18H22N2/c1-13-9-17-16-6-4-5-14(16)11-19-18(17)10-15(13)12-20-7-2-3-8-20/h9-11H,2-8,12H2,1H3. The first-order valence-electron chi connectivity index (χ1n) is 7.93. The average Bonchev–Trinajstić information content (AvgIpc) is 3.10. The Morgan fingerprint density at radius 3 is 2.80 bits per heavy atom. The lowest BCUT2D eigenvalue weighted by Crippen LogP contribution is -2.19. The molecule has 2 heterocycles. The molecular formula is C18H22N2. The fourth-order valence-corrected chi connectivity index (χ4v) is 3.80. The van der Waals surface area contributed by atoms with Gasteiger partial charge in [-0.2, -0.15) is 0 Å². The minimum absolute atomic E-state index is 1.10. The van der Waals surface area contributed by atoms with E-state index in [0.717, 1.165) is 6.54 Å². The molecule has 1 aliphatic carbocycles. The highest BCUT2D eigenvalue weighted by Crippen LogP contribution is 2.30. The zero-order valence-electron chi connectivity index (χ0n) is 12.3. The van der Waals surface area contributed by atoms with Gasteiger partial charge in [-0.1, -0.05) is 0 Å². The van der Waals surface area contributed by atoms with E-state index in [0.29, 0.717) is 0 Å². The van der Waals surface area contributed by atoms with Gasteiger partial charge in [-0.05, 0) is 86.5 Å². The van der Waals surface area contributed by atoms with Crippen molar-refractivity contribution in [2.24, 2.45) is 0 Å². The molecule has 2 nitrogen and oxygen atoms in total. The zero-order chi connectivity index (χ0) is 13.5. The predicted molar refractivity (Wildman–Crippen MR) is 83.0 cm³/mol. The molecule has 1 fully saturated rings. The van der Waals surface area contributed by atoms with Crippen molar-refractivity contribution in [1.29, 1.82) is 0 Å². The number of hydrogen-bond donors (Lipinski definition) is 0. The lowest BCUT2D eigenvalue weighted by atomic mass is 9.99. The number of pyridine rings is 1. The van der Waals surface area contributed by atoms with Crippen molar-refractivity contribution < 1.29 is 0 Å². The van der Waals surface area contributed by atoms with Gasteiger partial charge < -0.3 is 0 Å². The van der Waals surface area contributed by atoms with Crippen LogP contribution in [0.15, 0.2) is 18.3 Å². The van der Waals surface area contributed by atoms with Gasteiger partial charge in [-0.3, -0.25) is 9.88 Å². The van der Waals surface area contributed by atoms with E-state index in [1.807, 2.05) is 0 Å². The maximum atomic E-state index is 4.71. The van der Waals surface area contributed by atoms with Gasteiger partial charge in [0, 0.05) is 18.1 Å². The number of fused-ring (bicyclic) bond motifs is 3. The highest BCUT2D eigenvalue weighted by atomic mass is 15.1. The normalized spacial score (nSPS) is 18.9.